The number of hydrogen-bond acceptors (Lipinski definition) is 3. The van der Waals surface area contributed by atoms with E-state index in [0.29, 0.717) is 38.7 Å². The molecule has 0 rings (SSSR count). The highest BCUT2D eigenvalue weighted by molar-refractivity contribution is 5.45. The first kappa shape index (κ1) is 22.6. The van der Waals surface area contributed by atoms with Crippen molar-refractivity contribution in [2.24, 2.45) is 5.92 Å². The van der Waals surface area contributed by atoms with Gasteiger partial charge in [-0.1, -0.05) is 48.0 Å². The third-order valence-corrected chi connectivity index (χ3v) is 1.30. The Morgan fingerprint density at radius 2 is 1.56 bits per heavy atom. The second kappa shape index (κ2) is 25.3. The molecule has 4 heteroatoms. The topological polar surface area (TPSA) is 47.6 Å². The van der Waals surface area contributed by atoms with Gasteiger partial charge in [-0.05, 0) is 5.92 Å². The van der Waals surface area contributed by atoms with Gasteiger partial charge in [0.25, 0.3) is 0 Å². The molecule has 0 unspecified atom stereocenters. The summed E-state index contributed by atoms with van der Waals surface area (Å²) in [4.78, 5) is 9.82. The second-order valence-electron chi connectivity index (χ2n) is 3.86. The number of amides is 1. The summed E-state index contributed by atoms with van der Waals surface area (Å²) in [6.45, 7) is 15.6. The standard InChI is InChI=1S/C9H19NO3.C3H8.C2H6/c1-9(2)7-13-6-5-12-4-3-10-8-11;1-3-2;1-2/h8-9H,3-7H2,1-2H3,(H,10,11);3H2,1-2H3;1-2H3. The summed E-state index contributed by atoms with van der Waals surface area (Å²) in [5, 5.41) is 2.51. The van der Waals surface area contributed by atoms with Gasteiger partial charge in [0.15, 0.2) is 0 Å². The van der Waals surface area contributed by atoms with E-state index in [4.69, 9.17) is 9.47 Å². The average molecular weight is 263 g/mol. The number of nitrogens with one attached hydrogen (secondary N) is 1. The molecule has 18 heavy (non-hydrogen) atoms. The Morgan fingerprint density at radius 1 is 1.06 bits per heavy atom. The molecule has 0 saturated heterocycles. The van der Waals surface area contributed by atoms with Crippen molar-refractivity contribution in [3.63, 3.8) is 0 Å². The lowest BCUT2D eigenvalue weighted by atomic mass is 10.2. The maximum absolute atomic E-state index is 9.82. The highest BCUT2D eigenvalue weighted by atomic mass is 16.5. The normalized spacial score (nSPS) is 8.83. The molecular weight excluding hydrogens is 230 g/mol. The van der Waals surface area contributed by atoms with E-state index in [1.807, 2.05) is 13.8 Å². The zero-order valence-electron chi connectivity index (χ0n) is 13.1. The Bertz CT molecular complexity index is 130. The molecule has 0 fully saturated rings. The predicted octanol–water partition coefficient (Wildman–Crippen LogP) is 2.86. The summed E-state index contributed by atoms with van der Waals surface area (Å²) in [6.07, 6.45) is 1.92. The predicted molar refractivity (Wildman–Crippen MR) is 77.9 cm³/mol. The maximum atomic E-state index is 9.82. The molecule has 0 aliphatic heterocycles. The minimum absolute atomic E-state index is 0.545. The van der Waals surface area contributed by atoms with Crippen molar-refractivity contribution in [3.8, 4) is 0 Å². The molecule has 0 saturated carbocycles. The summed E-state index contributed by atoms with van der Waals surface area (Å²) >= 11 is 0. The molecule has 0 aromatic rings. The Hall–Kier alpha value is -0.610. The summed E-state index contributed by atoms with van der Waals surface area (Å²) < 4.78 is 10.5. The fourth-order valence-corrected chi connectivity index (χ4v) is 0.729. The highest BCUT2D eigenvalue weighted by Crippen LogP contribution is 1.91. The number of carbonyl (C=O) groups excluding carboxylic acids is 1. The van der Waals surface area contributed by atoms with Crippen LogP contribution in [0.2, 0.25) is 0 Å². The molecular formula is C14H33NO3. The molecule has 1 amide bonds. The van der Waals surface area contributed by atoms with E-state index in [1.165, 1.54) is 6.42 Å². The van der Waals surface area contributed by atoms with Crippen LogP contribution < -0.4 is 5.32 Å². The molecule has 0 aromatic heterocycles. The first-order valence-electron chi connectivity index (χ1n) is 7.01. The van der Waals surface area contributed by atoms with Gasteiger partial charge in [-0.3, -0.25) is 4.79 Å². The fourth-order valence-electron chi connectivity index (χ4n) is 0.729. The highest BCUT2D eigenvalue weighted by Gasteiger charge is 1.93. The van der Waals surface area contributed by atoms with Crippen molar-refractivity contribution in [3.05, 3.63) is 0 Å². The van der Waals surface area contributed by atoms with Crippen molar-refractivity contribution in [2.45, 2.75) is 48.0 Å². The maximum Gasteiger partial charge on any atom is 0.207 e. The molecule has 0 aliphatic rings. The number of ether oxygens (including phenoxy) is 2. The SMILES string of the molecule is CC.CC(C)COCCOCCNC=O.CCC. The smallest absolute Gasteiger partial charge is 0.207 e. The number of hydrogen-bond donors (Lipinski definition) is 1. The lowest BCUT2D eigenvalue weighted by molar-refractivity contribution is -0.109. The molecule has 112 valence electrons. The van der Waals surface area contributed by atoms with Crippen molar-refractivity contribution in [1.29, 1.82) is 0 Å². The van der Waals surface area contributed by atoms with Crippen molar-refractivity contribution in [2.75, 3.05) is 33.0 Å². The zero-order valence-corrected chi connectivity index (χ0v) is 13.1. The van der Waals surface area contributed by atoms with E-state index in [9.17, 15) is 4.79 Å². The average Bonchev–Trinajstić information content (AvgIpc) is 2.36. The summed E-state index contributed by atoms with van der Waals surface area (Å²) in [7, 11) is 0. The van der Waals surface area contributed by atoms with E-state index < -0.39 is 0 Å². The molecule has 0 atom stereocenters. The van der Waals surface area contributed by atoms with Crippen LogP contribution in [-0.2, 0) is 14.3 Å². The molecule has 0 aromatic carbocycles. The summed E-state index contributed by atoms with van der Waals surface area (Å²) in [5.41, 5.74) is 0. The van der Waals surface area contributed by atoms with Crippen LogP contribution in [0.15, 0.2) is 0 Å². The molecule has 0 heterocycles. The monoisotopic (exact) mass is 263 g/mol. The van der Waals surface area contributed by atoms with Crippen molar-refractivity contribution in [1.82, 2.24) is 5.32 Å². The minimum atomic E-state index is 0.545. The van der Waals surface area contributed by atoms with Crippen LogP contribution in [0.25, 0.3) is 0 Å². The zero-order chi connectivity index (χ0) is 14.6. The first-order chi connectivity index (χ1) is 8.68. The van der Waals surface area contributed by atoms with Crippen LogP contribution in [0, 0.1) is 5.92 Å². The van der Waals surface area contributed by atoms with Gasteiger partial charge >= 0.3 is 0 Å². The second-order valence-corrected chi connectivity index (χ2v) is 3.86. The van der Waals surface area contributed by atoms with Gasteiger partial charge in [-0.2, -0.15) is 0 Å². The van der Waals surface area contributed by atoms with Crippen molar-refractivity contribution < 1.29 is 14.3 Å². The Balaban J connectivity index is -0.000000389. The van der Waals surface area contributed by atoms with Gasteiger partial charge in [-0.15, -0.1) is 0 Å². The van der Waals surface area contributed by atoms with E-state index in [-0.39, 0.29) is 0 Å². The van der Waals surface area contributed by atoms with E-state index in [1.54, 1.807) is 0 Å². The quantitative estimate of drug-likeness (QED) is 0.514. The van der Waals surface area contributed by atoms with Gasteiger partial charge in [0, 0.05) is 13.2 Å². The van der Waals surface area contributed by atoms with Crippen LogP contribution in [-0.4, -0.2) is 39.4 Å². The van der Waals surface area contributed by atoms with Gasteiger partial charge in [-0.25, -0.2) is 0 Å². The van der Waals surface area contributed by atoms with E-state index in [0.717, 1.165) is 6.61 Å². The van der Waals surface area contributed by atoms with Crippen LogP contribution >= 0.6 is 0 Å². The molecule has 0 bridgehead atoms. The molecule has 1 N–H and O–H groups in total. The van der Waals surface area contributed by atoms with Gasteiger partial charge in [0.05, 0.1) is 19.8 Å². The lowest BCUT2D eigenvalue weighted by Crippen LogP contribution is -2.19. The first-order valence-corrected chi connectivity index (χ1v) is 7.01. The van der Waals surface area contributed by atoms with Gasteiger partial charge in [0.2, 0.25) is 6.41 Å². The summed E-state index contributed by atoms with van der Waals surface area (Å²) in [6, 6.07) is 0. The van der Waals surface area contributed by atoms with Gasteiger partial charge < -0.3 is 14.8 Å². The number of carbonyl (C=O) groups is 1. The lowest BCUT2D eigenvalue weighted by Gasteiger charge is -2.07. The molecule has 0 spiro atoms. The molecule has 0 radical (unpaired) electrons. The fraction of sp³-hybridized carbons (Fsp3) is 0.929. The van der Waals surface area contributed by atoms with E-state index in [2.05, 4.69) is 33.0 Å². The third kappa shape index (κ3) is 36.1. The Labute approximate surface area is 113 Å². The van der Waals surface area contributed by atoms with Gasteiger partial charge in [0.1, 0.15) is 0 Å². The largest absolute Gasteiger partial charge is 0.379 e. The Morgan fingerprint density at radius 3 is 2.00 bits per heavy atom. The number of rotatable bonds is 9. The van der Waals surface area contributed by atoms with Crippen LogP contribution in [0.5, 0.6) is 0 Å². The molecule has 0 aliphatic carbocycles. The molecule has 4 nitrogen and oxygen atoms in total. The van der Waals surface area contributed by atoms with Crippen LogP contribution in [0.1, 0.15) is 48.0 Å². The minimum Gasteiger partial charge on any atom is -0.379 e. The Kier molecular flexibility index (Phi) is 31.7. The van der Waals surface area contributed by atoms with Crippen LogP contribution in [0.4, 0.5) is 0 Å². The van der Waals surface area contributed by atoms with E-state index >= 15 is 0 Å². The third-order valence-electron chi connectivity index (χ3n) is 1.30. The van der Waals surface area contributed by atoms with Crippen molar-refractivity contribution >= 4 is 6.41 Å². The van der Waals surface area contributed by atoms with Crippen LogP contribution in [0.3, 0.4) is 0 Å². The summed E-state index contributed by atoms with van der Waals surface area (Å²) in [5.74, 6) is 0.566.